The van der Waals surface area contributed by atoms with Gasteiger partial charge in [-0.1, -0.05) is 37.4 Å². The number of ether oxygens (including phenoxy) is 2. The summed E-state index contributed by atoms with van der Waals surface area (Å²) in [5.74, 6) is -0.649. The van der Waals surface area contributed by atoms with Gasteiger partial charge in [0.2, 0.25) is 0 Å². The molecule has 2 aromatic heterocycles. The Balaban J connectivity index is 1.15. The predicted octanol–water partition coefficient (Wildman–Crippen LogP) is 8.48. The van der Waals surface area contributed by atoms with E-state index in [1.54, 1.807) is 76.2 Å². The normalized spacial score (nSPS) is 11.5. The number of carbonyl (C=O) groups excluding carboxylic acids is 2. The molecule has 292 valence electrons. The SMILES string of the molecule is C=CC(=O)Oc1cc(C)c(-n2c(=O)c3cc4cc5ccc6cc7cc8c(=O)n(-c9c(C)cc(OC(=O)C=C)cc9C)c(=O)c8cc7cc6ccc5cc4cc3c2=O)c(C)c1. The van der Waals surface area contributed by atoms with Crippen molar-refractivity contribution in [3.8, 4) is 22.9 Å². The van der Waals surface area contributed by atoms with E-state index in [0.717, 1.165) is 55.2 Å². The Hall–Kier alpha value is -7.98. The molecule has 0 bridgehead atoms. The van der Waals surface area contributed by atoms with E-state index in [-0.39, 0.29) is 11.5 Å². The molecular formula is C50H34N2O8. The van der Waals surface area contributed by atoms with Crippen LogP contribution >= 0.6 is 0 Å². The van der Waals surface area contributed by atoms with Crippen LogP contribution in [0.15, 0.2) is 142 Å². The Labute approximate surface area is 340 Å². The molecule has 0 aliphatic heterocycles. The number of aromatic nitrogens is 2. The first-order valence-corrected chi connectivity index (χ1v) is 19.0. The molecule has 10 nitrogen and oxygen atoms in total. The van der Waals surface area contributed by atoms with Crippen LogP contribution in [-0.4, -0.2) is 21.1 Å². The Morgan fingerprint density at radius 3 is 0.900 bits per heavy atom. The summed E-state index contributed by atoms with van der Waals surface area (Å²) in [6.45, 7) is 13.9. The van der Waals surface area contributed by atoms with Gasteiger partial charge < -0.3 is 9.47 Å². The zero-order chi connectivity index (χ0) is 42.3. The van der Waals surface area contributed by atoms with Gasteiger partial charge in [0.15, 0.2) is 0 Å². The molecule has 7 aromatic carbocycles. The van der Waals surface area contributed by atoms with E-state index >= 15 is 0 Å². The molecule has 0 fully saturated rings. The molecule has 10 heteroatoms. The van der Waals surface area contributed by atoms with Crippen LogP contribution in [0.2, 0.25) is 0 Å². The van der Waals surface area contributed by atoms with Crippen molar-refractivity contribution in [3.63, 3.8) is 0 Å². The number of esters is 2. The van der Waals surface area contributed by atoms with Crippen LogP contribution in [0.25, 0.3) is 76.0 Å². The van der Waals surface area contributed by atoms with Gasteiger partial charge in [-0.25, -0.2) is 18.7 Å². The van der Waals surface area contributed by atoms with E-state index in [2.05, 4.69) is 13.2 Å². The summed E-state index contributed by atoms with van der Waals surface area (Å²) in [4.78, 5) is 79.2. The van der Waals surface area contributed by atoms with Crippen molar-refractivity contribution in [1.29, 1.82) is 0 Å². The first-order valence-electron chi connectivity index (χ1n) is 19.0. The van der Waals surface area contributed by atoms with Gasteiger partial charge in [0, 0.05) is 12.2 Å². The fourth-order valence-electron chi connectivity index (χ4n) is 8.46. The summed E-state index contributed by atoms with van der Waals surface area (Å²) in [5.41, 5.74) is 1.51. The fraction of sp³-hybridized carbons (Fsp3) is 0.0800. The summed E-state index contributed by atoms with van der Waals surface area (Å²) in [5, 5.41) is 7.93. The Kier molecular flexibility index (Phi) is 8.67. The number of rotatable bonds is 6. The zero-order valence-corrected chi connectivity index (χ0v) is 33.0. The van der Waals surface area contributed by atoms with Gasteiger partial charge in [-0.05, 0) is 166 Å². The smallest absolute Gasteiger partial charge is 0.335 e. The highest BCUT2D eigenvalue weighted by Crippen LogP contribution is 2.31. The van der Waals surface area contributed by atoms with E-state index in [0.29, 0.717) is 55.2 Å². The van der Waals surface area contributed by atoms with E-state index in [1.165, 1.54) is 9.13 Å². The Morgan fingerprint density at radius 1 is 0.417 bits per heavy atom. The molecule has 9 aromatic rings. The van der Waals surface area contributed by atoms with Gasteiger partial charge in [-0.3, -0.25) is 19.2 Å². The third kappa shape index (κ3) is 5.96. The van der Waals surface area contributed by atoms with E-state index in [4.69, 9.17) is 9.47 Å². The quantitative estimate of drug-likeness (QED) is 0.0932. The van der Waals surface area contributed by atoms with Crippen LogP contribution in [0, 0.1) is 27.7 Å². The van der Waals surface area contributed by atoms with Crippen molar-refractivity contribution in [2.75, 3.05) is 0 Å². The Morgan fingerprint density at radius 2 is 0.667 bits per heavy atom. The average Bonchev–Trinajstić information content (AvgIpc) is 3.58. The van der Waals surface area contributed by atoms with Gasteiger partial charge in [-0.15, -0.1) is 0 Å². The molecule has 9 rings (SSSR count). The average molecular weight is 791 g/mol. The van der Waals surface area contributed by atoms with Crippen LogP contribution in [0.5, 0.6) is 11.5 Å². The van der Waals surface area contributed by atoms with Gasteiger partial charge in [0.05, 0.1) is 32.9 Å². The van der Waals surface area contributed by atoms with Crippen LogP contribution in [0.3, 0.4) is 0 Å². The highest BCUT2D eigenvalue weighted by molar-refractivity contribution is 6.07. The van der Waals surface area contributed by atoms with Gasteiger partial charge in [-0.2, -0.15) is 0 Å². The predicted molar refractivity (Wildman–Crippen MR) is 237 cm³/mol. The largest absolute Gasteiger partial charge is 0.423 e. The lowest BCUT2D eigenvalue weighted by molar-refractivity contribution is -0.129. The lowest BCUT2D eigenvalue weighted by Crippen LogP contribution is -2.25. The lowest BCUT2D eigenvalue weighted by Gasteiger charge is -2.12. The maximum atomic E-state index is 13.9. The monoisotopic (exact) mass is 790 g/mol. The molecule has 0 N–H and O–H groups in total. The molecule has 0 saturated carbocycles. The second kappa shape index (κ2) is 13.8. The maximum absolute atomic E-state index is 13.9. The summed E-state index contributed by atoms with van der Waals surface area (Å²) in [6, 6.07) is 29.4. The second-order valence-corrected chi connectivity index (χ2v) is 15.1. The maximum Gasteiger partial charge on any atom is 0.335 e. The topological polar surface area (TPSA) is 131 Å². The molecule has 0 amide bonds. The van der Waals surface area contributed by atoms with Crippen molar-refractivity contribution >= 4 is 76.6 Å². The minimum Gasteiger partial charge on any atom is -0.423 e. The number of carbonyl (C=O) groups is 2. The minimum absolute atomic E-state index is 0.288. The van der Waals surface area contributed by atoms with Crippen LogP contribution in [0.1, 0.15) is 22.3 Å². The molecule has 0 saturated heterocycles. The highest BCUT2D eigenvalue weighted by atomic mass is 16.5. The Bertz CT molecular complexity index is 3260. The molecule has 60 heavy (non-hydrogen) atoms. The molecule has 2 heterocycles. The van der Waals surface area contributed by atoms with Gasteiger partial charge in [0.1, 0.15) is 11.5 Å². The number of hydrogen-bond donors (Lipinski definition) is 0. The molecule has 0 aliphatic rings. The molecule has 0 aliphatic carbocycles. The first kappa shape index (κ1) is 37.6. The number of nitrogens with zero attached hydrogens (tertiary/aromatic N) is 2. The van der Waals surface area contributed by atoms with Gasteiger partial charge >= 0.3 is 11.9 Å². The summed E-state index contributed by atoms with van der Waals surface area (Å²) in [6.07, 6.45) is 2.12. The van der Waals surface area contributed by atoms with Crippen LogP contribution < -0.4 is 31.7 Å². The standard InChI is InChI=1S/C50H34N2O8/c1-7-43(53)59-37-13-25(3)45(26(4)14-37)51-47(55)39-21-33-17-29-9-11-31-19-35-23-41-42(24-36(35)20-32(31)12-10-30(29)18-34(33)22-40(39)48(51)56)50(58)52(49(41)57)46-27(5)15-38(16-28(46)6)60-44(54)8-2/h7-24H,1-2H2,3-6H3. The number of hydrogen-bond acceptors (Lipinski definition) is 8. The molecule has 0 atom stereocenters. The summed E-state index contributed by atoms with van der Waals surface area (Å²) >= 11 is 0. The minimum atomic E-state index is -0.613. The number of benzene rings is 6. The summed E-state index contributed by atoms with van der Waals surface area (Å²) in [7, 11) is 0. The third-order valence-electron chi connectivity index (χ3n) is 11.1. The second-order valence-electron chi connectivity index (χ2n) is 15.1. The zero-order valence-electron chi connectivity index (χ0n) is 33.0. The van der Waals surface area contributed by atoms with E-state index in [9.17, 15) is 28.8 Å². The van der Waals surface area contributed by atoms with Gasteiger partial charge in [0.25, 0.3) is 22.2 Å². The van der Waals surface area contributed by atoms with Crippen molar-refractivity contribution in [3.05, 3.63) is 186 Å². The summed E-state index contributed by atoms with van der Waals surface area (Å²) < 4.78 is 12.9. The fourth-order valence-corrected chi connectivity index (χ4v) is 8.46. The molecule has 0 unspecified atom stereocenters. The molecule has 0 radical (unpaired) electrons. The van der Waals surface area contributed by atoms with E-state index < -0.39 is 34.2 Å². The third-order valence-corrected chi connectivity index (χ3v) is 11.1. The highest BCUT2D eigenvalue weighted by Gasteiger charge is 2.21. The van der Waals surface area contributed by atoms with Crippen molar-refractivity contribution in [2.45, 2.75) is 27.7 Å². The molecule has 0 spiro atoms. The first-order chi connectivity index (χ1) is 28.7. The van der Waals surface area contributed by atoms with Crippen molar-refractivity contribution in [1.82, 2.24) is 9.13 Å². The van der Waals surface area contributed by atoms with Crippen LogP contribution in [0.4, 0.5) is 0 Å². The number of fused-ring (bicyclic) bond motifs is 6. The van der Waals surface area contributed by atoms with Crippen LogP contribution in [-0.2, 0) is 9.59 Å². The number of aryl methyl sites for hydroxylation is 4. The van der Waals surface area contributed by atoms with Crippen molar-refractivity contribution < 1.29 is 19.1 Å². The lowest BCUT2D eigenvalue weighted by atomic mass is 9.99. The van der Waals surface area contributed by atoms with E-state index in [1.807, 2.05) is 48.5 Å². The molecular weight excluding hydrogens is 757 g/mol. The van der Waals surface area contributed by atoms with Crippen molar-refractivity contribution in [2.24, 2.45) is 0 Å².